The van der Waals surface area contributed by atoms with E-state index < -0.39 is 5.60 Å². The minimum Gasteiger partial charge on any atom is -0.468 e. The molecule has 0 aliphatic carbocycles. The number of nitrogens with one attached hydrogen (secondary N) is 1. The molecule has 0 radical (unpaired) electrons. The van der Waals surface area contributed by atoms with Crippen molar-refractivity contribution < 1.29 is 9.52 Å². The first-order valence-electron chi connectivity index (χ1n) is 9.52. The number of halogens is 1. The Balaban J connectivity index is 1.66. The molecule has 2 N–H and O–H groups in total. The summed E-state index contributed by atoms with van der Waals surface area (Å²) in [5, 5.41) is 13.4. The Bertz CT molecular complexity index is 1210. The number of aromatic amines is 1. The molecule has 0 fully saturated rings. The van der Waals surface area contributed by atoms with Crippen molar-refractivity contribution in [2.24, 2.45) is 0 Å². The van der Waals surface area contributed by atoms with Crippen molar-refractivity contribution in [2.75, 3.05) is 6.54 Å². The van der Waals surface area contributed by atoms with E-state index in [2.05, 4.69) is 9.97 Å². The van der Waals surface area contributed by atoms with Crippen LogP contribution in [0.4, 0.5) is 0 Å². The molecule has 8 heteroatoms. The van der Waals surface area contributed by atoms with Gasteiger partial charge in [-0.25, -0.2) is 4.98 Å². The van der Waals surface area contributed by atoms with Gasteiger partial charge in [-0.2, -0.15) is 0 Å². The number of H-pyrrole nitrogens is 1. The predicted octanol–water partition coefficient (Wildman–Crippen LogP) is 4.67. The van der Waals surface area contributed by atoms with Crippen LogP contribution in [0.2, 0.25) is 5.02 Å². The zero-order valence-electron chi connectivity index (χ0n) is 16.7. The van der Waals surface area contributed by atoms with E-state index in [1.807, 2.05) is 40.6 Å². The van der Waals surface area contributed by atoms with Gasteiger partial charge in [0, 0.05) is 22.5 Å². The van der Waals surface area contributed by atoms with Gasteiger partial charge in [0.1, 0.15) is 16.4 Å². The number of fused-ring (bicyclic) bond motifs is 1. The second-order valence-electron chi connectivity index (χ2n) is 7.89. The molecule has 0 atom stereocenters. The van der Waals surface area contributed by atoms with Crippen LogP contribution >= 0.6 is 22.9 Å². The van der Waals surface area contributed by atoms with Crippen LogP contribution in [0.1, 0.15) is 25.4 Å². The van der Waals surface area contributed by atoms with Gasteiger partial charge in [0.2, 0.25) is 0 Å². The normalized spacial score (nSPS) is 12.2. The van der Waals surface area contributed by atoms with Crippen LogP contribution in [0.25, 0.3) is 21.3 Å². The molecule has 0 spiro atoms. The van der Waals surface area contributed by atoms with Gasteiger partial charge in [-0.05, 0) is 43.7 Å². The zero-order chi connectivity index (χ0) is 21.3. The Morgan fingerprint density at radius 2 is 2.10 bits per heavy atom. The quantitative estimate of drug-likeness (QED) is 0.433. The summed E-state index contributed by atoms with van der Waals surface area (Å²) in [5.74, 6) is 1.32. The molecule has 30 heavy (non-hydrogen) atoms. The molecule has 0 unspecified atom stereocenters. The molecule has 0 aliphatic rings. The van der Waals surface area contributed by atoms with Crippen LogP contribution in [0, 0.1) is 0 Å². The Labute approximate surface area is 182 Å². The predicted molar refractivity (Wildman–Crippen MR) is 120 cm³/mol. The van der Waals surface area contributed by atoms with Gasteiger partial charge in [-0.1, -0.05) is 23.7 Å². The third-order valence-corrected chi connectivity index (χ3v) is 5.68. The highest BCUT2D eigenvalue weighted by atomic mass is 35.5. The summed E-state index contributed by atoms with van der Waals surface area (Å²) in [6, 6.07) is 11.1. The van der Waals surface area contributed by atoms with Crippen molar-refractivity contribution in [3.05, 3.63) is 75.0 Å². The fraction of sp³-hybridized carbons (Fsp3) is 0.273. The molecule has 1 aromatic carbocycles. The largest absolute Gasteiger partial charge is 0.468 e. The molecule has 0 aliphatic heterocycles. The van der Waals surface area contributed by atoms with Crippen molar-refractivity contribution in [3.8, 4) is 11.1 Å². The molecule has 3 heterocycles. The van der Waals surface area contributed by atoms with E-state index in [1.165, 1.54) is 11.3 Å². The molecule has 156 valence electrons. The number of aromatic nitrogens is 2. The third kappa shape index (κ3) is 4.82. The topological polar surface area (TPSA) is 82.4 Å². The summed E-state index contributed by atoms with van der Waals surface area (Å²) >= 11 is 7.54. The monoisotopic (exact) mass is 443 g/mol. The summed E-state index contributed by atoms with van der Waals surface area (Å²) in [4.78, 5) is 23.2. The van der Waals surface area contributed by atoms with Gasteiger partial charge in [-0.3, -0.25) is 9.69 Å². The molecule has 0 saturated carbocycles. The highest BCUT2D eigenvalue weighted by Gasteiger charge is 2.21. The number of nitrogens with zero attached hydrogens (tertiary/aromatic N) is 2. The van der Waals surface area contributed by atoms with Crippen LogP contribution in [-0.4, -0.2) is 32.1 Å². The summed E-state index contributed by atoms with van der Waals surface area (Å²) < 4.78 is 5.45. The lowest BCUT2D eigenvalue weighted by atomic mass is 10.1. The van der Waals surface area contributed by atoms with Gasteiger partial charge >= 0.3 is 0 Å². The van der Waals surface area contributed by atoms with E-state index in [4.69, 9.17) is 16.0 Å². The van der Waals surface area contributed by atoms with Crippen molar-refractivity contribution >= 4 is 33.2 Å². The summed E-state index contributed by atoms with van der Waals surface area (Å²) in [5.41, 5.74) is 0.615. The smallest absolute Gasteiger partial charge is 0.260 e. The number of furan rings is 1. The maximum absolute atomic E-state index is 12.9. The summed E-state index contributed by atoms with van der Waals surface area (Å²) in [6.45, 7) is 4.76. The van der Waals surface area contributed by atoms with Gasteiger partial charge in [-0.15, -0.1) is 11.3 Å². The lowest BCUT2D eigenvalue weighted by Gasteiger charge is -2.27. The molecule has 4 rings (SSSR count). The Morgan fingerprint density at radius 1 is 1.27 bits per heavy atom. The first-order chi connectivity index (χ1) is 14.3. The van der Waals surface area contributed by atoms with Crippen molar-refractivity contribution in [3.63, 3.8) is 0 Å². The zero-order valence-corrected chi connectivity index (χ0v) is 18.3. The average Bonchev–Trinajstić information content (AvgIpc) is 3.30. The first-order valence-corrected chi connectivity index (χ1v) is 10.8. The molecular formula is C22H22ClN3O3S. The number of aliphatic hydroxyl groups is 1. The third-order valence-electron chi connectivity index (χ3n) is 4.57. The molecule has 4 aromatic rings. The summed E-state index contributed by atoms with van der Waals surface area (Å²) in [7, 11) is 0. The molecule has 0 saturated heterocycles. The molecule has 0 bridgehead atoms. The first kappa shape index (κ1) is 20.8. The number of benzene rings is 1. The number of rotatable bonds is 7. The van der Waals surface area contributed by atoms with Gasteiger partial charge in [0.25, 0.3) is 5.56 Å². The Kier molecular flexibility index (Phi) is 5.79. The standard InChI is InChI=1S/C22H22ClN3O3S/c1-22(2,28)13-26(10-16-7-4-8-29-16)11-18-24-20(27)19-17(12-30-21(19)25-18)14-5-3-6-15(23)9-14/h3-9,12,28H,10-11,13H2,1-2H3,(H,24,25,27). The molecule has 6 nitrogen and oxygen atoms in total. The average molecular weight is 444 g/mol. The van der Waals surface area contributed by atoms with Crippen LogP contribution in [0.15, 0.2) is 57.3 Å². The minimum absolute atomic E-state index is 0.188. The second-order valence-corrected chi connectivity index (χ2v) is 9.18. The van der Waals surface area contributed by atoms with E-state index in [1.54, 1.807) is 26.2 Å². The van der Waals surface area contributed by atoms with Crippen LogP contribution < -0.4 is 5.56 Å². The highest BCUT2D eigenvalue weighted by Crippen LogP contribution is 2.32. The van der Waals surface area contributed by atoms with Crippen molar-refractivity contribution in [1.29, 1.82) is 0 Å². The Morgan fingerprint density at radius 3 is 2.80 bits per heavy atom. The van der Waals surface area contributed by atoms with E-state index in [0.717, 1.165) is 16.9 Å². The van der Waals surface area contributed by atoms with Gasteiger partial charge in [0.05, 0.1) is 30.3 Å². The van der Waals surface area contributed by atoms with E-state index >= 15 is 0 Å². The number of hydrogen-bond acceptors (Lipinski definition) is 6. The van der Waals surface area contributed by atoms with Crippen molar-refractivity contribution in [2.45, 2.75) is 32.5 Å². The maximum Gasteiger partial charge on any atom is 0.260 e. The maximum atomic E-state index is 12.9. The SMILES string of the molecule is CC(C)(O)CN(Cc1nc2scc(-c3cccc(Cl)c3)c2c(=O)[nH]1)Cc1ccco1. The molecule has 0 amide bonds. The van der Waals surface area contributed by atoms with Crippen LogP contribution in [-0.2, 0) is 13.1 Å². The lowest BCUT2D eigenvalue weighted by Crippen LogP contribution is -2.38. The lowest BCUT2D eigenvalue weighted by molar-refractivity contribution is 0.0277. The van der Waals surface area contributed by atoms with Crippen LogP contribution in [0.3, 0.4) is 0 Å². The van der Waals surface area contributed by atoms with Gasteiger partial charge < -0.3 is 14.5 Å². The van der Waals surface area contributed by atoms with Crippen molar-refractivity contribution in [1.82, 2.24) is 14.9 Å². The fourth-order valence-electron chi connectivity index (χ4n) is 3.49. The highest BCUT2D eigenvalue weighted by molar-refractivity contribution is 7.17. The van der Waals surface area contributed by atoms with Gasteiger partial charge in [0.15, 0.2) is 0 Å². The molecule has 3 aromatic heterocycles. The molecular weight excluding hydrogens is 422 g/mol. The number of hydrogen-bond donors (Lipinski definition) is 2. The van der Waals surface area contributed by atoms with E-state index in [9.17, 15) is 9.90 Å². The Hall–Kier alpha value is -2.45. The number of thiophene rings is 1. The van der Waals surface area contributed by atoms with E-state index in [-0.39, 0.29) is 5.56 Å². The minimum atomic E-state index is -0.903. The fourth-order valence-corrected chi connectivity index (χ4v) is 4.64. The summed E-state index contributed by atoms with van der Waals surface area (Å²) in [6.07, 6.45) is 1.62. The second kappa shape index (κ2) is 8.35. The van der Waals surface area contributed by atoms with Crippen LogP contribution in [0.5, 0.6) is 0 Å². The van der Waals surface area contributed by atoms with E-state index in [0.29, 0.717) is 40.7 Å².